The molecular formula is C31H25NO5. The third-order valence-electron chi connectivity index (χ3n) is 6.74. The lowest BCUT2D eigenvalue weighted by Crippen LogP contribution is -2.29. The van der Waals surface area contributed by atoms with Crippen LogP contribution in [0.25, 0.3) is 16.5 Å². The Morgan fingerprint density at radius 3 is 2.16 bits per heavy atom. The van der Waals surface area contributed by atoms with Gasteiger partial charge in [-0.3, -0.25) is 14.5 Å². The molecule has 5 rings (SSSR count). The summed E-state index contributed by atoms with van der Waals surface area (Å²) in [6, 6.07) is 26.2. The van der Waals surface area contributed by atoms with Crippen LogP contribution in [-0.4, -0.2) is 29.9 Å². The molecule has 1 N–H and O–H groups in total. The first kappa shape index (κ1) is 24.0. The van der Waals surface area contributed by atoms with Crippen molar-refractivity contribution in [2.45, 2.75) is 19.4 Å². The van der Waals surface area contributed by atoms with Gasteiger partial charge in [0.25, 0.3) is 11.7 Å². The van der Waals surface area contributed by atoms with E-state index in [4.69, 9.17) is 4.74 Å². The Labute approximate surface area is 214 Å². The van der Waals surface area contributed by atoms with Gasteiger partial charge in [0.05, 0.1) is 24.3 Å². The number of amides is 1. The number of carbonyl (C=O) groups is 3. The summed E-state index contributed by atoms with van der Waals surface area (Å²) in [5.41, 5.74) is 3.02. The van der Waals surface area contributed by atoms with E-state index >= 15 is 0 Å². The van der Waals surface area contributed by atoms with Gasteiger partial charge in [0.2, 0.25) is 0 Å². The molecule has 4 aromatic rings. The molecule has 37 heavy (non-hydrogen) atoms. The zero-order chi connectivity index (χ0) is 26.1. The fraction of sp³-hybridized carbons (Fsp3) is 0.129. The number of anilines is 1. The molecule has 1 aliphatic heterocycles. The van der Waals surface area contributed by atoms with Crippen LogP contribution in [0, 0.1) is 0 Å². The van der Waals surface area contributed by atoms with E-state index in [0.717, 1.165) is 22.8 Å². The minimum absolute atomic E-state index is 0.0153. The molecule has 1 aliphatic rings. The van der Waals surface area contributed by atoms with Gasteiger partial charge in [-0.15, -0.1) is 0 Å². The second-order valence-corrected chi connectivity index (χ2v) is 8.86. The predicted molar refractivity (Wildman–Crippen MR) is 142 cm³/mol. The van der Waals surface area contributed by atoms with Crippen LogP contribution in [-0.2, 0) is 20.7 Å². The standard InChI is InChI=1S/C31H25NO5/c1-3-19-8-10-21(11-9-19)27-26(28(33)24-13-12-20-6-4-5-7-23(20)18-24)29(34)30(35)32(27)25-16-14-22(15-17-25)31(36)37-2/h4-18,27,33H,3H2,1-2H3/b28-26-. The van der Waals surface area contributed by atoms with Gasteiger partial charge in [0.15, 0.2) is 0 Å². The maximum atomic E-state index is 13.4. The molecular weight excluding hydrogens is 466 g/mol. The molecule has 0 aliphatic carbocycles. The van der Waals surface area contributed by atoms with Crippen molar-refractivity contribution < 1.29 is 24.2 Å². The zero-order valence-electron chi connectivity index (χ0n) is 20.5. The van der Waals surface area contributed by atoms with E-state index in [2.05, 4.69) is 0 Å². The molecule has 0 radical (unpaired) electrons. The molecule has 0 aromatic heterocycles. The van der Waals surface area contributed by atoms with Crippen molar-refractivity contribution in [3.8, 4) is 0 Å². The van der Waals surface area contributed by atoms with Crippen LogP contribution in [0.15, 0.2) is 96.6 Å². The van der Waals surface area contributed by atoms with E-state index in [0.29, 0.717) is 22.4 Å². The van der Waals surface area contributed by atoms with Crippen molar-refractivity contribution >= 4 is 39.9 Å². The predicted octanol–water partition coefficient (Wildman–Crippen LogP) is 5.82. The number of carbonyl (C=O) groups excluding carboxylic acids is 3. The topological polar surface area (TPSA) is 83.9 Å². The van der Waals surface area contributed by atoms with Crippen molar-refractivity contribution in [3.63, 3.8) is 0 Å². The Morgan fingerprint density at radius 2 is 1.51 bits per heavy atom. The fourth-order valence-electron chi connectivity index (χ4n) is 4.72. The van der Waals surface area contributed by atoms with Crippen LogP contribution >= 0.6 is 0 Å². The third kappa shape index (κ3) is 4.27. The fourth-order valence-corrected chi connectivity index (χ4v) is 4.72. The van der Waals surface area contributed by atoms with Crippen LogP contribution in [0.1, 0.15) is 40.0 Å². The maximum absolute atomic E-state index is 13.4. The summed E-state index contributed by atoms with van der Waals surface area (Å²) in [5, 5.41) is 13.3. The first-order valence-corrected chi connectivity index (χ1v) is 12.0. The van der Waals surface area contributed by atoms with Gasteiger partial charge in [-0.1, -0.05) is 67.6 Å². The number of rotatable bonds is 5. The van der Waals surface area contributed by atoms with Crippen molar-refractivity contribution in [1.82, 2.24) is 0 Å². The molecule has 4 aromatic carbocycles. The number of esters is 1. The average Bonchev–Trinajstić information content (AvgIpc) is 3.21. The monoisotopic (exact) mass is 491 g/mol. The number of ketones is 1. The minimum atomic E-state index is -0.846. The van der Waals surface area contributed by atoms with E-state index in [1.54, 1.807) is 36.4 Å². The van der Waals surface area contributed by atoms with E-state index in [-0.39, 0.29) is 11.3 Å². The Balaban J connectivity index is 1.68. The molecule has 0 spiro atoms. The van der Waals surface area contributed by atoms with Crippen LogP contribution in [0.3, 0.4) is 0 Å². The van der Waals surface area contributed by atoms with E-state index in [1.165, 1.54) is 12.0 Å². The Morgan fingerprint density at radius 1 is 0.865 bits per heavy atom. The van der Waals surface area contributed by atoms with E-state index in [1.807, 2.05) is 61.5 Å². The van der Waals surface area contributed by atoms with Gasteiger partial charge >= 0.3 is 5.97 Å². The number of aryl methyl sites for hydroxylation is 1. The van der Waals surface area contributed by atoms with Gasteiger partial charge in [-0.25, -0.2) is 4.79 Å². The number of nitrogens with zero attached hydrogens (tertiary/aromatic N) is 1. The smallest absolute Gasteiger partial charge is 0.337 e. The minimum Gasteiger partial charge on any atom is -0.507 e. The highest BCUT2D eigenvalue weighted by molar-refractivity contribution is 6.51. The van der Waals surface area contributed by atoms with Crippen LogP contribution < -0.4 is 4.90 Å². The summed E-state index contributed by atoms with van der Waals surface area (Å²) < 4.78 is 4.77. The van der Waals surface area contributed by atoms with Gasteiger partial charge in [-0.2, -0.15) is 0 Å². The summed E-state index contributed by atoms with van der Waals surface area (Å²) in [5.74, 6) is -2.26. The van der Waals surface area contributed by atoms with Crippen LogP contribution in [0.5, 0.6) is 0 Å². The average molecular weight is 492 g/mol. The van der Waals surface area contributed by atoms with Crippen molar-refractivity contribution in [3.05, 3.63) is 119 Å². The molecule has 6 heteroatoms. The highest BCUT2D eigenvalue weighted by Gasteiger charge is 2.47. The van der Waals surface area contributed by atoms with E-state index < -0.39 is 23.7 Å². The summed E-state index contributed by atoms with van der Waals surface area (Å²) in [4.78, 5) is 40.1. The Kier molecular flexibility index (Phi) is 6.32. The van der Waals surface area contributed by atoms with Crippen LogP contribution in [0.4, 0.5) is 5.69 Å². The third-order valence-corrected chi connectivity index (χ3v) is 6.74. The molecule has 6 nitrogen and oxygen atoms in total. The molecule has 1 unspecified atom stereocenters. The van der Waals surface area contributed by atoms with Gasteiger partial charge in [0.1, 0.15) is 5.76 Å². The molecule has 0 bridgehead atoms. The number of hydrogen-bond acceptors (Lipinski definition) is 5. The van der Waals surface area contributed by atoms with Crippen LogP contribution in [0.2, 0.25) is 0 Å². The quantitative estimate of drug-likeness (QED) is 0.165. The number of ether oxygens (including phenoxy) is 1. The van der Waals surface area contributed by atoms with E-state index in [9.17, 15) is 19.5 Å². The Hall–Kier alpha value is -4.71. The second-order valence-electron chi connectivity index (χ2n) is 8.86. The number of hydrogen-bond donors (Lipinski definition) is 1. The molecule has 1 amide bonds. The first-order chi connectivity index (χ1) is 17.9. The summed E-state index contributed by atoms with van der Waals surface area (Å²) in [6.45, 7) is 2.05. The number of aliphatic hydroxyl groups is 1. The lowest BCUT2D eigenvalue weighted by Gasteiger charge is -2.25. The first-order valence-electron chi connectivity index (χ1n) is 12.0. The highest BCUT2D eigenvalue weighted by atomic mass is 16.5. The number of Topliss-reactive ketones (excluding diaryl/α,β-unsaturated/α-hetero) is 1. The second kappa shape index (κ2) is 9.74. The molecule has 1 fully saturated rings. The number of methoxy groups -OCH3 is 1. The largest absolute Gasteiger partial charge is 0.507 e. The zero-order valence-corrected chi connectivity index (χ0v) is 20.5. The molecule has 184 valence electrons. The summed E-state index contributed by atoms with van der Waals surface area (Å²) in [7, 11) is 1.29. The van der Waals surface area contributed by atoms with Crippen molar-refractivity contribution in [2.24, 2.45) is 0 Å². The summed E-state index contributed by atoms with van der Waals surface area (Å²) >= 11 is 0. The normalized spacial score (nSPS) is 16.8. The summed E-state index contributed by atoms with van der Waals surface area (Å²) in [6.07, 6.45) is 0.840. The number of aliphatic hydroxyl groups excluding tert-OH is 1. The highest BCUT2D eigenvalue weighted by Crippen LogP contribution is 2.42. The lowest BCUT2D eigenvalue weighted by atomic mass is 9.93. The number of fused-ring (bicyclic) bond motifs is 1. The maximum Gasteiger partial charge on any atom is 0.337 e. The van der Waals surface area contributed by atoms with Crippen molar-refractivity contribution in [1.29, 1.82) is 0 Å². The molecule has 1 atom stereocenters. The molecule has 1 heterocycles. The lowest BCUT2D eigenvalue weighted by molar-refractivity contribution is -0.132. The molecule has 0 saturated carbocycles. The van der Waals surface area contributed by atoms with Gasteiger partial charge < -0.3 is 9.84 Å². The van der Waals surface area contributed by atoms with Crippen molar-refractivity contribution in [2.75, 3.05) is 12.0 Å². The van der Waals surface area contributed by atoms with Gasteiger partial charge in [-0.05, 0) is 58.7 Å². The van der Waals surface area contributed by atoms with Gasteiger partial charge in [0, 0.05) is 11.3 Å². The SMILES string of the molecule is CCc1ccc(C2/C(=C(/O)c3ccc4ccccc4c3)C(=O)C(=O)N2c2ccc(C(=O)OC)cc2)cc1. The molecule has 1 saturated heterocycles. The number of benzene rings is 4. The Bertz CT molecular complexity index is 1550.